The standard InChI is InChI=1S/C35H23N3O2/c1-38-31-20-26(22-6-10-24(11-7-22)34-36-16-18-39-34)14-15-29(31)33-28-5-3-2-4-27(28)30(21-32(33)38)23-8-12-25(13-9-23)35-37-17-19-40-35/h2-21H,1H3. The summed E-state index contributed by atoms with van der Waals surface area (Å²) in [5.41, 5.74) is 9.02. The van der Waals surface area contributed by atoms with Crippen LogP contribution in [0.15, 0.2) is 131 Å². The van der Waals surface area contributed by atoms with Crippen molar-refractivity contribution in [1.29, 1.82) is 0 Å². The maximum atomic E-state index is 5.49. The number of benzene rings is 5. The molecular weight excluding hydrogens is 494 g/mol. The van der Waals surface area contributed by atoms with Crippen molar-refractivity contribution in [2.75, 3.05) is 0 Å². The lowest BCUT2D eigenvalue weighted by Crippen LogP contribution is -1.89. The molecule has 0 unspecified atom stereocenters. The summed E-state index contributed by atoms with van der Waals surface area (Å²) in [7, 11) is 2.16. The Labute approximate surface area is 230 Å². The fraction of sp³-hybridized carbons (Fsp3) is 0.0286. The Bertz CT molecular complexity index is 2140. The number of rotatable bonds is 4. The molecule has 0 bridgehead atoms. The van der Waals surface area contributed by atoms with Gasteiger partial charge in [-0.3, -0.25) is 0 Å². The smallest absolute Gasteiger partial charge is 0.225 e. The molecule has 3 aromatic heterocycles. The molecule has 8 aromatic rings. The van der Waals surface area contributed by atoms with E-state index in [1.165, 1.54) is 43.7 Å². The quantitative estimate of drug-likeness (QED) is 0.234. The first-order valence-corrected chi connectivity index (χ1v) is 13.2. The highest BCUT2D eigenvalue weighted by Gasteiger charge is 2.16. The van der Waals surface area contributed by atoms with E-state index in [0.717, 1.165) is 22.3 Å². The van der Waals surface area contributed by atoms with Crippen molar-refractivity contribution >= 4 is 32.6 Å². The molecule has 5 nitrogen and oxygen atoms in total. The molecule has 5 heteroatoms. The predicted octanol–water partition coefficient (Wildman–Crippen LogP) is 9.13. The van der Waals surface area contributed by atoms with Gasteiger partial charge in [-0.2, -0.15) is 0 Å². The number of aromatic nitrogens is 3. The van der Waals surface area contributed by atoms with Crippen molar-refractivity contribution in [1.82, 2.24) is 14.5 Å². The van der Waals surface area contributed by atoms with Crippen molar-refractivity contribution in [3.05, 3.63) is 122 Å². The second-order valence-electron chi connectivity index (χ2n) is 9.98. The van der Waals surface area contributed by atoms with Crippen LogP contribution in [0.1, 0.15) is 0 Å². The van der Waals surface area contributed by atoms with Gasteiger partial charge in [0.1, 0.15) is 12.5 Å². The highest BCUT2D eigenvalue weighted by molar-refractivity contribution is 6.24. The molecule has 0 fully saturated rings. The van der Waals surface area contributed by atoms with E-state index >= 15 is 0 Å². The minimum absolute atomic E-state index is 0.628. The van der Waals surface area contributed by atoms with E-state index in [0.29, 0.717) is 11.8 Å². The Hall–Kier alpha value is -5.42. The second-order valence-corrected chi connectivity index (χ2v) is 9.98. The van der Waals surface area contributed by atoms with E-state index < -0.39 is 0 Å². The average Bonchev–Trinajstić information content (AvgIpc) is 3.79. The van der Waals surface area contributed by atoms with Gasteiger partial charge >= 0.3 is 0 Å². The van der Waals surface area contributed by atoms with Gasteiger partial charge in [0.05, 0.1) is 17.9 Å². The lowest BCUT2D eigenvalue weighted by molar-refractivity contribution is 0.574. The highest BCUT2D eigenvalue weighted by atomic mass is 16.3. The summed E-state index contributed by atoms with van der Waals surface area (Å²) < 4.78 is 13.2. The summed E-state index contributed by atoms with van der Waals surface area (Å²) in [6, 6.07) is 34.6. The Morgan fingerprint density at radius 1 is 0.525 bits per heavy atom. The molecule has 8 rings (SSSR count). The van der Waals surface area contributed by atoms with Gasteiger partial charge in [-0.15, -0.1) is 0 Å². The summed E-state index contributed by atoms with van der Waals surface area (Å²) in [4.78, 5) is 8.54. The summed E-state index contributed by atoms with van der Waals surface area (Å²) in [5.74, 6) is 1.26. The minimum Gasteiger partial charge on any atom is -0.445 e. The van der Waals surface area contributed by atoms with Gasteiger partial charge in [0.2, 0.25) is 11.8 Å². The summed E-state index contributed by atoms with van der Waals surface area (Å²) in [6.07, 6.45) is 6.53. The van der Waals surface area contributed by atoms with Crippen molar-refractivity contribution < 1.29 is 8.83 Å². The van der Waals surface area contributed by atoms with E-state index in [9.17, 15) is 0 Å². The average molecular weight is 518 g/mol. The number of nitrogens with zero attached hydrogens (tertiary/aromatic N) is 3. The molecule has 0 aliphatic rings. The third-order valence-electron chi connectivity index (χ3n) is 7.79. The van der Waals surface area contributed by atoms with Gasteiger partial charge in [0.15, 0.2) is 0 Å². The van der Waals surface area contributed by atoms with Crippen LogP contribution in [0.4, 0.5) is 0 Å². The van der Waals surface area contributed by atoms with E-state index in [-0.39, 0.29) is 0 Å². The maximum absolute atomic E-state index is 5.49. The molecule has 5 aromatic carbocycles. The molecule has 190 valence electrons. The van der Waals surface area contributed by atoms with Crippen LogP contribution < -0.4 is 0 Å². The number of hydrogen-bond acceptors (Lipinski definition) is 4. The van der Waals surface area contributed by atoms with E-state index in [4.69, 9.17) is 8.83 Å². The first-order chi connectivity index (χ1) is 19.7. The van der Waals surface area contributed by atoms with Crippen molar-refractivity contribution in [2.24, 2.45) is 7.05 Å². The van der Waals surface area contributed by atoms with Crippen LogP contribution >= 0.6 is 0 Å². The van der Waals surface area contributed by atoms with Crippen LogP contribution in [0.5, 0.6) is 0 Å². The summed E-state index contributed by atoms with van der Waals surface area (Å²) >= 11 is 0. The third-order valence-corrected chi connectivity index (χ3v) is 7.79. The molecular formula is C35H23N3O2. The Kier molecular flexibility index (Phi) is 4.97. The van der Waals surface area contributed by atoms with Crippen LogP contribution in [0, 0.1) is 0 Å². The molecule has 0 amide bonds. The van der Waals surface area contributed by atoms with Crippen molar-refractivity contribution in [3.63, 3.8) is 0 Å². The van der Waals surface area contributed by atoms with Gasteiger partial charge in [-0.1, -0.05) is 60.7 Å². The molecule has 0 spiro atoms. The molecule has 0 N–H and O–H groups in total. The van der Waals surface area contributed by atoms with Crippen LogP contribution in [0.2, 0.25) is 0 Å². The zero-order chi connectivity index (χ0) is 26.6. The van der Waals surface area contributed by atoms with Crippen molar-refractivity contribution in [3.8, 4) is 45.2 Å². The van der Waals surface area contributed by atoms with E-state index in [2.05, 4.69) is 119 Å². The molecule has 0 saturated carbocycles. The molecule has 0 atom stereocenters. The van der Waals surface area contributed by atoms with Gasteiger partial charge < -0.3 is 13.4 Å². The first kappa shape index (κ1) is 22.6. The number of hydrogen-bond donors (Lipinski definition) is 0. The SMILES string of the molecule is Cn1c2cc(-c3ccc(-c4ncco4)cc3)ccc2c2c3ccccc3c(-c3ccc(-c4ncco4)cc3)cc21. The molecule has 40 heavy (non-hydrogen) atoms. The zero-order valence-electron chi connectivity index (χ0n) is 21.7. The maximum Gasteiger partial charge on any atom is 0.225 e. The fourth-order valence-electron chi connectivity index (χ4n) is 5.81. The monoisotopic (exact) mass is 517 g/mol. The molecule has 0 aliphatic carbocycles. The number of aryl methyl sites for hydroxylation is 1. The second kappa shape index (κ2) is 8.82. The van der Waals surface area contributed by atoms with Crippen molar-refractivity contribution in [2.45, 2.75) is 0 Å². The molecule has 0 saturated heterocycles. The van der Waals surface area contributed by atoms with Crippen LogP contribution in [-0.2, 0) is 7.05 Å². The molecule has 0 radical (unpaired) electrons. The van der Waals surface area contributed by atoms with Gasteiger partial charge in [-0.25, -0.2) is 9.97 Å². The summed E-state index contributed by atoms with van der Waals surface area (Å²) in [5, 5.41) is 5.01. The minimum atomic E-state index is 0.628. The fourth-order valence-corrected chi connectivity index (χ4v) is 5.81. The Morgan fingerprint density at radius 3 is 1.73 bits per heavy atom. The van der Waals surface area contributed by atoms with E-state index in [1.807, 2.05) is 0 Å². The van der Waals surface area contributed by atoms with Gasteiger partial charge in [0, 0.05) is 34.5 Å². The van der Waals surface area contributed by atoms with Crippen LogP contribution in [-0.4, -0.2) is 14.5 Å². The molecule has 3 heterocycles. The Morgan fingerprint density at radius 2 is 1.10 bits per heavy atom. The third kappa shape index (κ3) is 3.48. The summed E-state index contributed by atoms with van der Waals surface area (Å²) in [6.45, 7) is 0. The topological polar surface area (TPSA) is 57.0 Å². The number of fused-ring (bicyclic) bond motifs is 5. The largest absolute Gasteiger partial charge is 0.445 e. The molecule has 0 aliphatic heterocycles. The lowest BCUT2D eigenvalue weighted by Gasteiger charge is -2.10. The van der Waals surface area contributed by atoms with Crippen LogP contribution in [0.25, 0.3) is 77.7 Å². The highest BCUT2D eigenvalue weighted by Crippen LogP contribution is 2.41. The predicted molar refractivity (Wildman–Crippen MR) is 160 cm³/mol. The van der Waals surface area contributed by atoms with E-state index in [1.54, 1.807) is 24.9 Å². The lowest BCUT2D eigenvalue weighted by atomic mass is 9.94. The zero-order valence-corrected chi connectivity index (χ0v) is 21.7. The van der Waals surface area contributed by atoms with Gasteiger partial charge in [-0.05, 0) is 69.4 Å². The first-order valence-electron chi connectivity index (χ1n) is 13.2. The van der Waals surface area contributed by atoms with Crippen LogP contribution in [0.3, 0.4) is 0 Å². The van der Waals surface area contributed by atoms with Gasteiger partial charge in [0.25, 0.3) is 0 Å². The normalized spacial score (nSPS) is 11.6. The number of oxazole rings is 2. The Balaban J connectivity index is 1.28.